The number of benzene rings is 2. The molecule has 4 nitrogen and oxygen atoms in total. The summed E-state index contributed by atoms with van der Waals surface area (Å²) in [5, 5.41) is 3.30. The van der Waals surface area contributed by atoms with E-state index in [1.54, 1.807) is 0 Å². The maximum absolute atomic E-state index is 12.3. The Bertz CT molecular complexity index is 622. The quantitative estimate of drug-likeness (QED) is 0.888. The van der Waals surface area contributed by atoms with Gasteiger partial charge in [0.2, 0.25) is 5.91 Å². The lowest BCUT2D eigenvalue weighted by Crippen LogP contribution is -2.48. The van der Waals surface area contributed by atoms with Gasteiger partial charge in [-0.25, -0.2) is 0 Å². The molecule has 1 fully saturated rings. The number of amides is 1. The number of anilines is 1. The van der Waals surface area contributed by atoms with Gasteiger partial charge in [0.25, 0.3) is 0 Å². The highest BCUT2D eigenvalue weighted by Gasteiger charge is 2.20. The first-order valence-corrected chi connectivity index (χ1v) is 8.64. The van der Waals surface area contributed by atoms with E-state index in [2.05, 4.69) is 34.5 Å². The van der Waals surface area contributed by atoms with Crippen LogP contribution in [0.4, 0.5) is 5.69 Å². The second kappa shape index (κ2) is 8.50. The number of nitrogens with zero attached hydrogens (tertiary/aromatic N) is 2. The summed E-state index contributed by atoms with van der Waals surface area (Å²) in [6, 6.07) is 20.5. The number of nitrogens with one attached hydrogen (secondary N) is 1. The Morgan fingerprint density at radius 2 is 1.50 bits per heavy atom. The second-order valence-corrected chi connectivity index (χ2v) is 6.19. The SMILES string of the molecule is O=C(CCNc1ccccc1)N1CCN(Cc2ccccc2)CC1. The minimum atomic E-state index is 0.248. The standard InChI is InChI=1S/C20H25N3O/c24-20(11-12-21-19-9-5-2-6-10-19)23-15-13-22(14-16-23)17-18-7-3-1-4-8-18/h1-10,21H,11-17H2. The first-order chi connectivity index (χ1) is 11.8. The molecule has 0 bridgehead atoms. The fourth-order valence-corrected chi connectivity index (χ4v) is 3.02. The molecule has 1 amide bonds. The number of piperazine rings is 1. The number of para-hydroxylation sites is 1. The molecular weight excluding hydrogens is 298 g/mol. The van der Waals surface area contributed by atoms with Crippen LogP contribution in [0.5, 0.6) is 0 Å². The summed E-state index contributed by atoms with van der Waals surface area (Å²) >= 11 is 0. The first kappa shape index (κ1) is 16.5. The summed E-state index contributed by atoms with van der Waals surface area (Å²) in [6.45, 7) is 5.22. The summed E-state index contributed by atoms with van der Waals surface area (Å²) < 4.78 is 0. The average Bonchev–Trinajstić information content (AvgIpc) is 2.64. The Labute approximate surface area is 144 Å². The molecular formula is C20H25N3O. The van der Waals surface area contributed by atoms with Crippen molar-refractivity contribution in [2.24, 2.45) is 0 Å². The van der Waals surface area contributed by atoms with E-state index < -0.39 is 0 Å². The van der Waals surface area contributed by atoms with Crippen molar-refractivity contribution in [1.82, 2.24) is 9.80 Å². The van der Waals surface area contributed by atoms with Gasteiger partial charge >= 0.3 is 0 Å². The Morgan fingerprint density at radius 1 is 0.875 bits per heavy atom. The highest BCUT2D eigenvalue weighted by Crippen LogP contribution is 2.10. The normalized spacial score (nSPS) is 15.2. The van der Waals surface area contributed by atoms with Gasteiger partial charge in [0.05, 0.1) is 0 Å². The van der Waals surface area contributed by atoms with Crippen molar-refractivity contribution < 1.29 is 4.79 Å². The van der Waals surface area contributed by atoms with Crippen molar-refractivity contribution in [2.75, 3.05) is 38.0 Å². The lowest BCUT2D eigenvalue weighted by molar-refractivity contribution is -0.132. The van der Waals surface area contributed by atoms with Gasteiger partial charge in [-0.3, -0.25) is 9.69 Å². The zero-order valence-corrected chi connectivity index (χ0v) is 14.0. The summed E-state index contributed by atoms with van der Waals surface area (Å²) in [4.78, 5) is 16.7. The number of carbonyl (C=O) groups is 1. The molecule has 1 aliphatic rings. The lowest BCUT2D eigenvalue weighted by Gasteiger charge is -2.34. The fourth-order valence-electron chi connectivity index (χ4n) is 3.02. The Balaban J connectivity index is 1.37. The van der Waals surface area contributed by atoms with Crippen molar-refractivity contribution in [1.29, 1.82) is 0 Å². The zero-order valence-electron chi connectivity index (χ0n) is 14.0. The van der Waals surface area contributed by atoms with Crippen LogP contribution < -0.4 is 5.32 Å². The molecule has 0 aliphatic carbocycles. The van der Waals surface area contributed by atoms with E-state index in [0.717, 1.165) is 38.4 Å². The topological polar surface area (TPSA) is 35.6 Å². The summed E-state index contributed by atoms with van der Waals surface area (Å²) in [7, 11) is 0. The van der Waals surface area contributed by atoms with Crippen LogP contribution in [0.15, 0.2) is 60.7 Å². The smallest absolute Gasteiger partial charge is 0.224 e. The van der Waals surface area contributed by atoms with Crippen molar-refractivity contribution in [3.05, 3.63) is 66.2 Å². The molecule has 1 aliphatic heterocycles. The van der Waals surface area contributed by atoms with E-state index in [4.69, 9.17) is 0 Å². The van der Waals surface area contributed by atoms with Crippen LogP contribution in [-0.4, -0.2) is 48.4 Å². The molecule has 0 unspecified atom stereocenters. The summed E-state index contributed by atoms with van der Waals surface area (Å²) in [6.07, 6.45) is 0.549. The third kappa shape index (κ3) is 4.83. The van der Waals surface area contributed by atoms with E-state index >= 15 is 0 Å². The third-order valence-electron chi connectivity index (χ3n) is 4.42. The van der Waals surface area contributed by atoms with Crippen molar-refractivity contribution in [3.63, 3.8) is 0 Å². The maximum atomic E-state index is 12.3. The Kier molecular flexibility index (Phi) is 5.85. The van der Waals surface area contributed by atoms with E-state index in [1.165, 1.54) is 5.56 Å². The van der Waals surface area contributed by atoms with Crippen molar-refractivity contribution in [2.45, 2.75) is 13.0 Å². The third-order valence-corrected chi connectivity index (χ3v) is 4.42. The van der Waals surface area contributed by atoms with Crippen molar-refractivity contribution in [3.8, 4) is 0 Å². The van der Waals surface area contributed by atoms with E-state index in [1.807, 2.05) is 41.3 Å². The minimum absolute atomic E-state index is 0.248. The zero-order chi connectivity index (χ0) is 16.6. The molecule has 24 heavy (non-hydrogen) atoms. The van der Waals surface area contributed by atoms with Crippen LogP contribution in [-0.2, 0) is 11.3 Å². The summed E-state index contributed by atoms with van der Waals surface area (Å²) in [5.74, 6) is 0.248. The molecule has 1 N–H and O–H groups in total. The molecule has 0 saturated carbocycles. The van der Waals surface area contributed by atoms with Gasteiger partial charge in [-0.2, -0.15) is 0 Å². The van der Waals surface area contributed by atoms with E-state index in [-0.39, 0.29) is 5.91 Å². The monoisotopic (exact) mass is 323 g/mol. The summed E-state index contributed by atoms with van der Waals surface area (Å²) in [5.41, 5.74) is 2.40. The molecule has 1 heterocycles. The van der Waals surface area contributed by atoms with Crippen LogP contribution in [0.2, 0.25) is 0 Å². The van der Waals surface area contributed by atoms with Gasteiger partial charge < -0.3 is 10.2 Å². The van der Waals surface area contributed by atoms with Gasteiger partial charge in [0.1, 0.15) is 0 Å². The Morgan fingerprint density at radius 3 is 2.17 bits per heavy atom. The number of carbonyl (C=O) groups excluding carboxylic acids is 1. The number of rotatable bonds is 6. The van der Waals surface area contributed by atoms with Gasteiger partial charge in [0, 0.05) is 51.4 Å². The maximum Gasteiger partial charge on any atom is 0.224 e. The predicted octanol–water partition coefficient (Wildman–Crippen LogP) is 2.83. The minimum Gasteiger partial charge on any atom is -0.385 e. The van der Waals surface area contributed by atoms with Crippen LogP contribution in [0, 0.1) is 0 Å². The van der Waals surface area contributed by atoms with Crippen molar-refractivity contribution >= 4 is 11.6 Å². The predicted molar refractivity (Wildman–Crippen MR) is 97.8 cm³/mol. The van der Waals surface area contributed by atoms with Gasteiger partial charge in [-0.05, 0) is 17.7 Å². The number of hydrogen-bond donors (Lipinski definition) is 1. The highest BCUT2D eigenvalue weighted by atomic mass is 16.2. The van der Waals surface area contributed by atoms with Crippen LogP contribution in [0.1, 0.15) is 12.0 Å². The first-order valence-electron chi connectivity index (χ1n) is 8.64. The molecule has 2 aromatic rings. The lowest BCUT2D eigenvalue weighted by atomic mass is 10.2. The van der Waals surface area contributed by atoms with Gasteiger partial charge in [-0.15, -0.1) is 0 Å². The second-order valence-electron chi connectivity index (χ2n) is 6.19. The highest BCUT2D eigenvalue weighted by molar-refractivity contribution is 5.76. The van der Waals surface area contributed by atoms with E-state index in [0.29, 0.717) is 13.0 Å². The molecule has 0 radical (unpaired) electrons. The molecule has 3 rings (SSSR count). The van der Waals surface area contributed by atoms with Crippen LogP contribution >= 0.6 is 0 Å². The van der Waals surface area contributed by atoms with Gasteiger partial charge in [-0.1, -0.05) is 48.5 Å². The molecule has 0 spiro atoms. The molecule has 0 atom stereocenters. The fraction of sp³-hybridized carbons (Fsp3) is 0.350. The van der Waals surface area contributed by atoms with Crippen LogP contribution in [0.3, 0.4) is 0 Å². The molecule has 1 saturated heterocycles. The van der Waals surface area contributed by atoms with E-state index in [9.17, 15) is 4.79 Å². The average molecular weight is 323 g/mol. The molecule has 4 heteroatoms. The molecule has 2 aromatic carbocycles. The molecule has 126 valence electrons. The van der Waals surface area contributed by atoms with Gasteiger partial charge in [0.15, 0.2) is 0 Å². The molecule has 0 aromatic heterocycles. The number of hydrogen-bond acceptors (Lipinski definition) is 3. The van der Waals surface area contributed by atoms with Crippen LogP contribution in [0.25, 0.3) is 0 Å². The largest absolute Gasteiger partial charge is 0.385 e. The Hall–Kier alpha value is -2.33.